The maximum absolute atomic E-state index is 10.6. The van der Waals surface area contributed by atoms with Crippen LogP contribution < -0.4 is 0 Å². The molecule has 0 amide bonds. The molecule has 4 aromatic rings. The average Bonchev–Trinajstić information content (AvgIpc) is 3.57. The summed E-state index contributed by atoms with van der Waals surface area (Å²) in [6.07, 6.45) is 11.3. The number of aromatic nitrogens is 4. The topological polar surface area (TPSA) is 76.3 Å². The van der Waals surface area contributed by atoms with Crippen molar-refractivity contribution in [2.24, 2.45) is 0 Å². The Balaban J connectivity index is 1.33. The Hall–Kier alpha value is -2.62. The third-order valence-corrected chi connectivity index (χ3v) is 11.2. The molecule has 0 radical (unpaired) electrons. The smallest absolute Gasteiger partial charge is 0.160 e. The zero-order valence-electron chi connectivity index (χ0n) is 26.9. The number of hydrogen-bond donors (Lipinski definition) is 1. The van der Waals surface area contributed by atoms with E-state index < -0.39 is 13.7 Å². The number of pyridine rings is 2. The van der Waals surface area contributed by atoms with E-state index >= 15 is 0 Å². The highest BCUT2D eigenvalue weighted by molar-refractivity contribution is 6.76. The van der Waals surface area contributed by atoms with Gasteiger partial charge in [0, 0.05) is 60.2 Å². The molecular weight excluding hydrogens is 586 g/mol. The molecule has 44 heavy (non-hydrogen) atoms. The minimum absolute atomic E-state index is 0.331. The Kier molecular flexibility index (Phi) is 9.01. The third kappa shape index (κ3) is 6.95. The first kappa shape index (κ1) is 31.4. The van der Waals surface area contributed by atoms with Crippen molar-refractivity contribution in [3.63, 3.8) is 0 Å². The summed E-state index contributed by atoms with van der Waals surface area (Å²) in [6.45, 7) is 14.1. The van der Waals surface area contributed by atoms with Gasteiger partial charge in [-0.05, 0) is 101 Å². The summed E-state index contributed by atoms with van der Waals surface area (Å²) in [5.74, 6) is 0. The largest absolute Gasteiger partial charge is 0.386 e. The van der Waals surface area contributed by atoms with Crippen LogP contribution >= 0.6 is 11.6 Å². The van der Waals surface area contributed by atoms with Gasteiger partial charge in [-0.3, -0.25) is 4.98 Å². The maximum atomic E-state index is 10.6. The van der Waals surface area contributed by atoms with Gasteiger partial charge in [0.05, 0.1) is 11.3 Å². The lowest BCUT2D eigenvalue weighted by atomic mass is 9.96. The van der Waals surface area contributed by atoms with Gasteiger partial charge in [0.2, 0.25) is 0 Å². The fraction of sp³-hybridized carbons (Fsp3) is 0.514. The Labute approximate surface area is 267 Å². The second-order valence-electron chi connectivity index (χ2n) is 14.4. The second kappa shape index (κ2) is 12.6. The molecule has 1 saturated heterocycles. The summed E-state index contributed by atoms with van der Waals surface area (Å²) in [5.41, 5.74) is 6.78. The van der Waals surface area contributed by atoms with Crippen LogP contribution in [-0.4, -0.2) is 63.6 Å². The normalized spacial score (nSPS) is 18.1. The first-order valence-electron chi connectivity index (χ1n) is 16.2. The van der Waals surface area contributed by atoms with E-state index in [1.54, 1.807) is 13.8 Å². The van der Waals surface area contributed by atoms with Crippen LogP contribution in [0.15, 0.2) is 42.7 Å². The Morgan fingerprint density at radius 1 is 0.977 bits per heavy atom. The van der Waals surface area contributed by atoms with Crippen LogP contribution in [0.25, 0.3) is 33.5 Å². The Morgan fingerprint density at radius 2 is 1.73 bits per heavy atom. The quantitative estimate of drug-likeness (QED) is 0.116. The first-order valence-corrected chi connectivity index (χ1v) is 20.2. The lowest BCUT2D eigenvalue weighted by Gasteiger charge is -2.25. The van der Waals surface area contributed by atoms with E-state index in [1.807, 2.05) is 29.1 Å². The molecule has 1 atom stereocenters. The van der Waals surface area contributed by atoms with Crippen molar-refractivity contribution >= 4 is 30.7 Å². The molecule has 9 heteroatoms. The molecule has 1 aromatic carbocycles. The zero-order valence-corrected chi connectivity index (χ0v) is 28.6. The highest BCUT2D eigenvalue weighted by Gasteiger charge is 2.26. The van der Waals surface area contributed by atoms with Gasteiger partial charge in [-0.15, -0.1) is 0 Å². The molecule has 7 nitrogen and oxygen atoms in total. The number of hydrogen-bond acceptors (Lipinski definition) is 6. The molecule has 0 bridgehead atoms. The lowest BCUT2D eigenvalue weighted by molar-refractivity contribution is 0.0787. The number of rotatable bonds is 9. The molecular formula is C35H46ClN5O2Si. The van der Waals surface area contributed by atoms with Crippen LogP contribution in [0.3, 0.4) is 0 Å². The Morgan fingerprint density at radius 3 is 2.43 bits per heavy atom. The zero-order chi connectivity index (χ0) is 31.1. The van der Waals surface area contributed by atoms with Crippen LogP contribution in [0, 0.1) is 0 Å². The minimum Gasteiger partial charge on any atom is -0.386 e. The van der Waals surface area contributed by atoms with Crippen LogP contribution in [-0.2, 0) is 29.9 Å². The number of fused-ring (bicyclic) bond motifs is 2. The third-order valence-electron chi connectivity index (χ3n) is 9.23. The fourth-order valence-electron chi connectivity index (χ4n) is 6.59. The molecule has 1 fully saturated rings. The van der Waals surface area contributed by atoms with E-state index in [2.05, 4.69) is 42.9 Å². The van der Waals surface area contributed by atoms with Crippen molar-refractivity contribution < 1.29 is 9.84 Å². The first-order chi connectivity index (χ1) is 21.0. The number of aryl methyl sites for hydroxylation is 2. The van der Waals surface area contributed by atoms with Gasteiger partial charge in [-0.25, -0.2) is 9.67 Å². The number of nitrogens with zero attached hydrogens (tertiary/aromatic N) is 5. The summed E-state index contributed by atoms with van der Waals surface area (Å²) < 4.78 is 7.94. The van der Waals surface area contributed by atoms with E-state index in [9.17, 15) is 5.11 Å². The molecule has 1 aliphatic heterocycles. The van der Waals surface area contributed by atoms with E-state index in [1.165, 1.54) is 49.9 Å². The molecule has 1 aliphatic carbocycles. The highest BCUT2D eigenvalue weighted by atomic mass is 35.5. The van der Waals surface area contributed by atoms with Crippen molar-refractivity contribution in [1.82, 2.24) is 24.6 Å². The van der Waals surface area contributed by atoms with Gasteiger partial charge in [0.1, 0.15) is 12.4 Å². The van der Waals surface area contributed by atoms with Crippen LogP contribution in [0.5, 0.6) is 0 Å². The maximum Gasteiger partial charge on any atom is 0.160 e. The predicted octanol–water partition coefficient (Wildman–Crippen LogP) is 7.70. The van der Waals surface area contributed by atoms with E-state index in [0.717, 1.165) is 52.4 Å². The highest BCUT2D eigenvalue weighted by Crippen LogP contribution is 2.36. The van der Waals surface area contributed by atoms with Gasteiger partial charge < -0.3 is 14.7 Å². The minimum atomic E-state index is -1.21. The second-order valence-corrected chi connectivity index (χ2v) is 20.4. The number of likely N-dealkylation sites (tertiary alicyclic amines) is 1. The predicted molar refractivity (Wildman–Crippen MR) is 182 cm³/mol. The molecule has 6 rings (SSSR count). The summed E-state index contributed by atoms with van der Waals surface area (Å²) in [7, 11) is -1.21. The van der Waals surface area contributed by atoms with Crippen molar-refractivity contribution in [1.29, 1.82) is 0 Å². The molecule has 3 aromatic heterocycles. The molecule has 1 N–H and O–H groups in total. The average molecular weight is 632 g/mol. The van der Waals surface area contributed by atoms with Crippen LogP contribution in [0.4, 0.5) is 0 Å². The van der Waals surface area contributed by atoms with Crippen molar-refractivity contribution in [3.8, 4) is 22.5 Å². The standard InChI is InChI=1S/C35H46ClN5O2Si/c1-35(2,42)30-13-10-25(19-31(30)36)33-29-18-27(22-38-34(29)41(39-33)23-43-16-17-44(3,4)5)32-20-24-8-11-28(40-14-6-7-15-40)12-9-26(24)21-37-32/h10,13,18-22,28,42H,6-9,11-12,14-17,23H2,1-5H3. The molecule has 0 saturated carbocycles. The monoisotopic (exact) mass is 631 g/mol. The molecule has 234 valence electrons. The summed E-state index contributed by atoms with van der Waals surface area (Å²) in [4.78, 5) is 12.5. The molecule has 0 spiro atoms. The van der Waals surface area contributed by atoms with Gasteiger partial charge in [-0.2, -0.15) is 5.10 Å². The van der Waals surface area contributed by atoms with Gasteiger partial charge in [0.15, 0.2) is 5.65 Å². The van der Waals surface area contributed by atoms with E-state index in [-0.39, 0.29) is 0 Å². The number of halogens is 1. The van der Waals surface area contributed by atoms with Gasteiger partial charge in [-0.1, -0.05) is 43.4 Å². The molecule has 2 aliphatic rings. The Bertz CT molecular complexity index is 1630. The van der Waals surface area contributed by atoms with E-state index in [4.69, 9.17) is 31.4 Å². The molecule has 4 heterocycles. The lowest BCUT2D eigenvalue weighted by Crippen LogP contribution is -2.32. The van der Waals surface area contributed by atoms with Crippen molar-refractivity contribution in [3.05, 3.63) is 64.4 Å². The summed E-state index contributed by atoms with van der Waals surface area (Å²) in [6, 6.07) is 11.9. The number of benzene rings is 1. The van der Waals surface area contributed by atoms with Gasteiger partial charge in [0.25, 0.3) is 0 Å². The number of aliphatic hydroxyl groups is 1. The van der Waals surface area contributed by atoms with E-state index in [0.29, 0.717) is 30.0 Å². The summed E-state index contributed by atoms with van der Waals surface area (Å²) in [5, 5.41) is 17.0. The van der Waals surface area contributed by atoms with Crippen LogP contribution in [0.1, 0.15) is 56.2 Å². The fourth-order valence-corrected chi connectivity index (χ4v) is 7.76. The van der Waals surface area contributed by atoms with Crippen LogP contribution in [0.2, 0.25) is 30.7 Å². The molecule has 1 unspecified atom stereocenters. The van der Waals surface area contributed by atoms with Crippen molar-refractivity contribution in [2.75, 3.05) is 19.7 Å². The summed E-state index contributed by atoms with van der Waals surface area (Å²) >= 11 is 6.68. The SMILES string of the molecule is CC(C)(O)c1ccc(-c2nn(COCC[Si](C)(C)C)c3ncc(-c4cc5c(cn4)CCC(N4CCCC4)CC5)cc23)cc1Cl. The van der Waals surface area contributed by atoms with Gasteiger partial charge >= 0.3 is 0 Å². The van der Waals surface area contributed by atoms with Crippen molar-refractivity contribution in [2.45, 2.75) is 96.4 Å². The number of ether oxygens (including phenoxy) is 1.